The monoisotopic (exact) mass is 313 g/mol. The molecule has 6 heteroatoms. The normalized spacial score (nSPS) is 12.7. The molecule has 1 amide bonds. The molecule has 124 valence electrons. The van der Waals surface area contributed by atoms with Crippen LogP contribution in [-0.4, -0.2) is 42.0 Å². The summed E-state index contributed by atoms with van der Waals surface area (Å²) in [4.78, 5) is 13.5. The van der Waals surface area contributed by atoms with Gasteiger partial charge in [-0.3, -0.25) is 0 Å². The summed E-state index contributed by atoms with van der Waals surface area (Å²) in [5.41, 5.74) is -0.0924. The van der Waals surface area contributed by atoms with Crippen molar-refractivity contribution in [3.8, 4) is 5.75 Å². The molecular formula is C16H24FNO4. The van der Waals surface area contributed by atoms with Crippen molar-refractivity contribution in [3.05, 3.63) is 29.6 Å². The Labute approximate surface area is 130 Å². The van der Waals surface area contributed by atoms with Crippen molar-refractivity contribution in [2.24, 2.45) is 0 Å². The Morgan fingerprint density at radius 1 is 1.41 bits per heavy atom. The highest BCUT2D eigenvalue weighted by Gasteiger charge is 2.25. The van der Waals surface area contributed by atoms with Crippen molar-refractivity contribution in [2.45, 2.75) is 39.3 Å². The molecule has 0 unspecified atom stereocenters. The molecule has 0 saturated carbocycles. The number of benzene rings is 1. The van der Waals surface area contributed by atoms with E-state index in [-0.39, 0.29) is 13.2 Å². The number of carbonyl (C=O) groups is 1. The zero-order chi connectivity index (χ0) is 16.9. The summed E-state index contributed by atoms with van der Waals surface area (Å²) in [6.45, 7) is 7.04. The zero-order valence-electron chi connectivity index (χ0n) is 13.7. The van der Waals surface area contributed by atoms with Gasteiger partial charge in [0, 0.05) is 12.6 Å². The van der Waals surface area contributed by atoms with Crippen LogP contribution in [0.1, 0.15) is 39.3 Å². The third-order valence-electron chi connectivity index (χ3n) is 3.03. The molecule has 0 bridgehead atoms. The summed E-state index contributed by atoms with van der Waals surface area (Å²) in [5, 5.41) is 8.85. The predicted molar refractivity (Wildman–Crippen MR) is 81.4 cm³/mol. The third kappa shape index (κ3) is 5.18. The van der Waals surface area contributed by atoms with Gasteiger partial charge < -0.3 is 19.5 Å². The largest absolute Gasteiger partial charge is 0.491 e. The first-order chi connectivity index (χ1) is 10.2. The Kier molecular flexibility index (Phi) is 6.17. The second-order valence-electron chi connectivity index (χ2n) is 6.02. The topological polar surface area (TPSA) is 59.0 Å². The number of halogens is 1. The van der Waals surface area contributed by atoms with Crippen LogP contribution >= 0.6 is 0 Å². The molecule has 1 aromatic carbocycles. The molecule has 0 spiro atoms. The fourth-order valence-corrected chi connectivity index (χ4v) is 1.83. The summed E-state index contributed by atoms with van der Waals surface area (Å²) in [7, 11) is 1.58. The van der Waals surface area contributed by atoms with Crippen LogP contribution in [-0.2, 0) is 4.74 Å². The smallest absolute Gasteiger partial charge is 0.410 e. The van der Waals surface area contributed by atoms with Crippen LogP contribution in [0, 0.1) is 5.82 Å². The summed E-state index contributed by atoms with van der Waals surface area (Å²) in [5.74, 6) is 0.00847. The van der Waals surface area contributed by atoms with Gasteiger partial charge in [0.1, 0.15) is 23.8 Å². The molecule has 1 N–H and O–H groups in total. The summed E-state index contributed by atoms with van der Waals surface area (Å²) >= 11 is 0. The van der Waals surface area contributed by atoms with E-state index in [0.717, 1.165) is 0 Å². The van der Waals surface area contributed by atoms with Gasteiger partial charge in [0.2, 0.25) is 0 Å². The van der Waals surface area contributed by atoms with E-state index in [0.29, 0.717) is 11.3 Å². The van der Waals surface area contributed by atoms with Crippen molar-refractivity contribution in [1.29, 1.82) is 0 Å². The number of carbonyl (C=O) groups excluding carboxylic acids is 1. The number of ether oxygens (including phenoxy) is 2. The molecule has 1 atom stereocenters. The van der Waals surface area contributed by atoms with Crippen molar-refractivity contribution >= 4 is 6.09 Å². The average molecular weight is 313 g/mol. The van der Waals surface area contributed by atoms with E-state index < -0.39 is 23.6 Å². The lowest BCUT2D eigenvalue weighted by Gasteiger charge is -2.29. The maximum Gasteiger partial charge on any atom is 0.410 e. The Morgan fingerprint density at radius 2 is 2.05 bits per heavy atom. The number of hydrogen-bond acceptors (Lipinski definition) is 4. The van der Waals surface area contributed by atoms with Gasteiger partial charge >= 0.3 is 6.09 Å². The van der Waals surface area contributed by atoms with Gasteiger partial charge in [-0.2, -0.15) is 0 Å². The van der Waals surface area contributed by atoms with E-state index in [1.165, 1.54) is 23.1 Å². The van der Waals surface area contributed by atoms with Crippen LogP contribution in [0.2, 0.25) is 0 Å². The summed E-state index contributed by atoms with van der Waals surface area (Å²) in [6.07, 6.45) is -0.502. The highest BCUT2D eigenvalue weighted by molar-refractivity contribution is 5.68. The van der Waals surface area contributed by atoms with Gasteiger partial charge in [0.25, 0.3) is 0 Å². The van der Waals surface area contributed by atoms with Gasteiger partial charge in [-0.15, -0.1) is 0 Å². The van der Waals surface area contributed by atoms with E-state index >= 15 is 0 Å². The van der Waals surface area contributed by atoms with Crippen LogP contribution in [0.5, 0.6) is 5.75 Å². The maximum atomic E-state index is 13.5. The Bertz CT molecular complexity index is 513. The van der Waals surface area contributed by atoms with Gasteiger partial charge in [-0.25, -0.2) is 9.18 Å². The first kappa shape index (κ1) is 18.2. The minimum Gasteiger partial charge on any atom is -0.491 e. The maximum absolute atomic E-state index is 13.5. The quantitative estimate of drug-likeness (QED) is 0.907. The number of hydrogen-bond donors (Lipinski definition) is 1. The fraction of sp³-hybridized carbons (Fsp3) is 0.562. The van der Waals surface area contributed by atoms with Crippen molar-refractivity contribution in [1.82, 2.24) is 4.90 Å². The molecule has 0 aliphatic carbocycles. The van der Waals surface area contributed by atoms with Crippen LogP contribution in [0.4, 0.5) is 9.18 Å². The summed E-state index contributed by atoms with van der Waals surface area (Å²) in [6, 6.07) is 3.63. The van der Waals surface area contributed by atoms with E-state index in [9.17, 15) is 9.18 Å². The standard InChI is InChI=1S/C16H24FNO4/c1-11(18(5)15(20)22-16(2,3)4)13-10-12(17)6-7-14(13)21-9-8-19/h6-7,10-11,19H,8-9H2,1-5H3/t11-/m1/s1. The molecular weight excluding hydrogens is 289 g/mol. The van der Waals surface area contributed by atoms with Crippen LogP contribution in [0.25, 0.3) is 0 Å². The summed E-state index contributed by atoms with van der Waals surface area (Å²) < 4.78 is 24.2. The Balaban J connectivity index is 2.97. The van der Waals surface area contributed by atoms with Crippen molar-refractivity contribution in [3.63, 3.8) is 0 Å². The molecule has 1 aromatic rings. The van der Waals surface area contributed by atoms with Crippen molar-refractivity contribution in [2.75, 3.05) is 20.3 Å². The fourth-order valence-electron chi connectivity index (χ4n) is 1.83. The van der Waals surface area contributed by atoms with Gasteiger partial charge in [-0.1, -0.05) is 0 Å². The average Bonchev–Trinajstić information content (AvgIpc) is 2.42. The van der Waals surface area contributed by atoms with Crippen LogP contribution in [0.15, 0.2) is 18.2 Å². The van der Waals surface area contributed by atoms with E-state index in [4.69, 9.17) is 14.6 Å². The molecule has 5 nitrogen and oxygen atoms in total. The number of aliphatic hydroxyl groups is 1. The lowest BCUT2D eigenvalue weighted by atomic mass is 10.1. The number of nitrogens with zero attached hydrogens (tertiary/aromatic N) is 1. The highest BCUT2D eigenvalue weighted by atomic mass is 19.1. The van der Waals surface area contributed by atoms with Gasteiger partial charge in [0.05, 0.1) is 12.6 Å². The molecule has 0 heterocycles. The number of rotatable bonds is 5. The van der Waals surface area contributed by atoms with E-state index in [1.54, 1.807) is 34.7 Å². The minimum atomic E-state index is -0.608. The molecule has 0 fully saturated rings. The second kappa shape index (κ2) is 7.45. The molecule has 0 aliphatic heterocycles. The SMILES string of the molecule is C[C@H](c1cc(F)ccc1OCCO)N(C)C(=O)OC(C)(C)C. The Hall–Kier alpha value is -1.82. The number of aliphatic hydroxyl groups excluding tert-OH is 1. The predicted octanol–water partition coefficient (Wildman–Crippen LogP) is 3.12. The Morgan fingerprint density at radius 3 is 2.59 bits per heavy atom. The van der Waals surface area contributed by atoms with Crippen molar-refractivity contribution < 1.29 is 23.8 Å². The third-order valence-corrected chi connectivity index (χ3v) is 3.03. The lowest BCUT2D eigenvalue weighted by Crippen LogP contribution is -2.35. The molecule has 0 aliphatic rings. The van der Waals surface area contributed by atoms with E-state index in [2.05, 4.69) is 0 Å². The van der Waals surface area contributed by atoms with E-state index in [1.807, 2.05) is 0 Å². The van der Waals surface area contributed by atoms with Gasteiger partial charge in [-0.05, 0) is 45.9 Å². The first-order valence-corrected chi connectivity index (χ1v) is 7.14. The lowest BCUT2D eigenvalue weighted by molar-refractivity contribution is 0.0231. The molecule has 0 saturated heterocycles. The molecule has 0 radical (unpaired) electrons. The molecule has 1 rings (SSSR count). The zero-order valence-corrected chi connectivity index (χ0v) is 13.7. The minimum absolute atomic E-state index is 0.0987. The molecule has 22 heavy (non-hydrogen) atoms. The second-order valence-corrected chi connectivity index (χ2v) is 6.02. The molecule has 0 aromatic heterocycles. The number of amides is 1. The van der Waals surface area contributed by atoms with Crippen LogP contribution in [0.3, 0.4) is 0 Å². The first-order valence-electron chi connectivity index (χ1n) is 7.14. The van der Waals surface area contributed by atoms with Gasteiger partial charge in [0.15, 0.2) is 0 Å². The van der Waals surface area contributed by atoms with Crippen LogP contribution < -0.4 is 4.74 Å². The highest BCUT2D eigenvalue weighted by Crippen LogP contribution is 2.30.